The van der Waals surface area contributed by atoms with Gasteiger partial charge < -0.3 is 14.4 Å². The van der Waals surface area contributed by atoms with Crippen LogP contribution >= 0.6 is 0 Å². The Kier molecular flexibility index (Phi) is 8.28. The summed E-state index contributed by atoms with van der Waals surface area (Å²) < 4.78 is 79.0. The maximum absolute atomic E-state index is 9.56. The van der Waals surface area contributed by atoms with Gasteiger partial charge in [-0.2, -0.15) is 0 Å². The Bertz CT molecular complexity index is 2460. The molecular formula is C48H54IrN2O-2. The number of aryl methyl sites for hydroxylation is 2. The van der Waals surface area contributed by atoms with E-state index in [0.717, 1.165) is 29.2 Å². The van der Waals surface area contributed by atoms with Crippen LogP contribution in [0.5, 0.6) is 0 Å². The predicted octanol–water partition coefficient (Wildman–Crippen LogP) is 13.4. The fourth-order valence-electron chi connectivity index (χ4n) is 7.72. The van der Waals surface area contributed by atoms with E-state index in [4.69, 9.17) is 15.4 Å². The molecule has 1 radical (unpaired) electrons. The third kappa shape index (κ3) is 8.61. The zero-order valence-corrected chi connectivity index (χ0v) is 33.3. The number of nitrogens with zero attached hydrogens (tertiary/aromatic N) is 2. The van der Waals surface area contributed by atoms with E-state index in [1.54, 1.807) is 24.3 Å². The van der Waals surface area contributed by atoms with E-state index >= 15 is 0 Å². The molecule has 6 aromatic rings. The molecule has 1 spiro atoms. The van der Waals surface area contributed by atoms with Crippen LogP contribution in [-0.2, 0) is 26.5 Å². The Labute approximate surface area is 338 Å². The molecule has 0 aliphatic heterocycles. The number of aromatic nitrogens is 2. The summed E-state index contributed by atoms with van der Waals surface area (Å²) in [6, 6.07) is 27.9. The molecule has 2 aliphatic rings. The van der Waals surface area contributed by atoms with Crippen molar-refractivity contribution in [2.24, 2.45) is 16.2 Å². The molecule has 2 fully saturated rings. The molecule has 3 nitrogen and oxygen atoms in total. The Balaban J connectivity index is 0.000000225. The first-order valence-electron chi connectivity index (χ1n) is 22.7. The minimum Gasteiger partial charge on any atom is -0.501 e. The van der Waals surface area contributed by atoms with Crippen molar-refractivity contribution < 1.29 is 36.9 Å². The molecule has 2 aliphatic carbocycles. The van der Waals surface area contributed by atoms with Crippen LogP contribution in [0, 0.1) is 42.1 Å². The van der Waals surface area contributed by atoms with Crippen LogP contribution in [-0.4, -0.2) is 9.97 Å². The van der Waals surface area contributed by atoms with Crippen LogP contribution < -0.4 is 0 Å². The van der Waals surface area contributed by atoms with E-state index in [1.165, 1.54) is 44.1 Å². The zero-order chi connectivity index (χ0) is 43.5. The number of hydrogen-bond donors (Lipinski definition) is 0. The monoisotopic (exact) mass is 876 g/mol. The Morgan fingerprint density at radius 3 is 2.31 bits per heavy atom. The van der Waals surface area contributed by atoms with Crippen LogP contribution in [0.25, 0.3) is 44.5 Å². The second kappa shape index (κ2) is 15.4. The van der Waals surface area contributed by atoms with E-state index in [2.05, 4.69) is 35.9 Å². The van der Waals surface area contributed by atoms with E-state index in [1.807, 2.05) is 63.2 Å². The standard InChI is InChI=1S/C31H34NO.C17H20N.Ir/c1-21-20-32-27(25-9-6-8-24-23-7-4-5-10-28(23)33-29(24)25)19-26(21)22-11-13-31(14-12-22)17-15-30(2,3)16-18-31;1-13-5-8-15(9-6-13)16-10-7-14(12-18-16)11-17(2,3)4;/h4-8,10,19-20,22H,11-18H2,1-3H3;5-8,10,12H,11H2,1-4H3;/q2*-1;/i1D3,22D;1D3,11D2;. The van der Waals surface area contributed by atoms with E-state index in [-0.39, 0.29) is 31.2 Å². The molecule has 3 aromatic heterocycles. The third-order valence-corrected chi connectivity index (χ3v) is 10.8. The fourth-order valence-corrected chi connectivity index (χ4v) is 7.72. The number of benzene rings is 3. The average Bonchev–Trinajstić information content (AvgIpc) is 3.58. The summed E-state index contributed by atoms with van der Waals surface area (Å²) in [6.45, 7) is 5.80. The molecule has 3 aromatic carbocycles. The molecule has 3 heterocycles. The van der Waals surface area contributed by atoms with Gasteiger partial charge in [0.05, 0.1) is 5.58 Å². The normalized spacial score (nSPS) is 21.0. The van der Waals surface area contributed by atoms with Gasteiger partial charge in [-0.15, -0.1) is 53.6 Å². The Morgan fingerprint density at radius 1 is 0.865 bits per heavy atom. The SMILES string of the molecule is [2H]C([2H])([2H])c1c[c-]c(-c2ccc(C([2H])([2H])C(C)(C)C)cn2)cc1.[2H]C([2H])([2H])c1cnc(-c2[c-]ccc3c2oc2ccccc23)cc1C1([2H])CCC2(CCC(C)(C)CC2)CC1.[Ir]. The maximum Gasteiger partial charge on any atom is 0.120 e. The van der Waals surface area contributed by atoms with Crippen molar-refractivity contribution >= 4 is 21.9 Å². The van der Waals surface area contributed by atoms with Gasteiger partial charge in [0.15, 0.2) is 0 Å². The van der Waals surface area contributed by atoms with Crippen molar-refractivity contribution in [3.8, 4) is 22.5 Å². The van der Waals surface area contributed by atoms with Gasteiger partial charge in [0, 0.05) is 50.2 Å². The first kappa shape index (κ1) is 27.9. The van der Waals surface area contributed by atoms with Crippen molar-refractivity contribution in [2.45, 2.75) is 112 Å². The minimum absolute atomic E-state index is 0. The number of rotatable bonds is 4. The predicted molar refractivity (Wildman–Crippen MR) is 213 cm³/mol. The topological polar surface area (TPSA) is 38.9 Å². The van der Waals surface area contributed by atoms with E-state index in [0.29, 0.717) is 62.9 Å². The molecule has 0 N–H and O–H groups in total. The molecule has 8 rings (SSSR count). The Morgan fingerprint density at radius 2 is 1.63 bits per heavy atom. The first-order valence-corrected chi connectivity index (χ1v) is 18.2. The van der Waals surface area contributed by atoms with Gasteiger partial charge in [-0.05, 0) is 121 Å². The molecular weight excluding hydrogens is 813 g/mol. The summed E-state index contributed by atoms with van der Waals surface area (Å²) in [6.07, 6.45) is 9.73. The maximum atomic E-state index is 9.56. The summed E-state index contributed by atoms with van der Waals surface area (Å²) >= 11 is 0. The molecule has 273 valence electrons. The zero-order valence-electron chi connectivity index (χ0n) is 39.9. The second-order valence-electron chi connectivity index (χ2n) is 16.4. The van der Waals surface area contributed by atoms with Crippen molar-refractivity contribution in [1.82, 2.24) is 9.97 Å². The summed E-state index contributed by atoms with van der Waals surface area (Å²) in [4.78, 5) is 8.90. The van der Waals surface area contributed by atoms with Crippen LogP contribution in [0.2, 0.25) is 0 Å². The van der Waals surface area contributed by atoms with Crippen LogP contribution in [0.3, 0.4) is 0 Å². The molecule has 0 amide bonds. The van der Waals surface area contributed by atoms with Gasteiger partial charge >= 0.3 is 0 Å². The van der Waals surface area contributed by atoms with Crippen molar-refractivity contribution in [1.29, 1.82) is 0 Å². The van der Waals surface area contributed by atoms with Gasteiger partial charge in [-0.1, -0.05) is 88.8 Å². The smallest absolute Gasteiger partial charge is 0.120 e. The van der Waals surface area contributed by atoms with Crippen molar-refractivity contribution in [3.63, 3.8) is 0 Å². The summed E-state index contributed by atoms with van der Waals surface area (Å²) in [5.74, 6) is -0.943. The second-order valence-corrected chi connectivity index (χ2v) is 16.4. The van der Waals surface area contributed by atoms with Gasteiger partial charge in [-0.25, -0.2) is 0 Å². The average molecular weight is 876 g/mol. The minimum atomic E-state index is -2.33. The number of furan rings is 1. The molecule has 0 unspecified atom stereocenters. The van der Waals surface area contributed by atoms with Crippen LogP contribution in [0.1, 0.15) is 126 Å². The first-order chi connectivity index (χ1) is 27.9. The fraction of sp³-hybridized carbons (Fsp3) is 0.417. The molecule has 0 saturated heterocycles. The van der Waals surface area contributed by atoms with Gasteiger partial charge in [-0.3, -0.25) is 0 Å². The van der Waals surface area contributed by atoms with E-state index < -0.39 is 31.4 Å². The van der Waals surface area contributed by atoms with E-state index in [9.17, 15) is 1.37 Å². The van der Waals surface area contributed by atoms with Crippen molar-refractivity contribution in [2.75, 3.05) is 0 Å². The van der Waals surface area contributed by atoms with Gasteiger partial charge in [0.25, 0.3) is 0 Å². The summed E-state index contributed by atoms with van der Waals surface area (Å²) in [5, 5.41) is 2.00. The molecule has 4 heteroatoms. The molecule has 2 saturated carbocycles. The quantitative estimate of drug-likeness (QED) is 0.166. The number of fused-ring (bicyclic) bond motifs is 3. The third-order valence-electron chi connectivity index (χ3n) is 10.8. The van der Waals surface area contributed by atoms with Crippen LogP contribution in [0.4, 0.5) is 0 Å². The molecule has 52 heavy (non-hydrogen) atoms. The number of para-hydroxylation sites is 1. The Hall–Kier alpha value is -3.59. The number of hydrogen-bond acceptors (Lipinski definition) is 3. The molecule has 0 bridgehead atoms. The van der Waals surface area contributed by atoms with Gasteiger partial charge in [0.2, 0.25) is 0 Å². The largest absolute Gasteiger partial charge is 0.501 e. The number of pyridine rings is 2. The summed E-state index contributed by atoms with van der Waals surface area (Å²) in [7, 11) is 0. The summed E-state index contributed by atoms with van der Waals surface area (Å²) in [5.41, 5.74) is 5.84. The van der Waals surface area contributed by atoms with Crippen molar-refractivity contribution in [3.05, 3.63) is 120 Å². The molecule has 0 atom stereocenters. The van der Waals surface area contributed by atoms with Crippen LogP contribution in [0.15, 0.2) is 89.6 Å². The van der Waals surface area contributed by atoms with Gasteiger partial charge in [0.1, 0.15) is 5.58 Å².